The summed E-state index contributed by atoms with van der Waals surface area (Å²) in [7, 11) is 0. The van der Waals surface area contributed by atoms with Gasteiger partial charge in [0.05, 0.1) is 6.26 Å². The summed E-state index contributed by atoms with van der Waals surface area (Å²) in [5, 5.41) is 49.2. The second-order valence-corrected chi connectivity index (χ2v) is 23.4. The number of nitrogens with one attached hydrogen (secondary N) is 4. The Balaban J connectivity index is 0.000000150. The number of aromatic hydroxyl groups is 3. The van der Waals surface area contributed by atoms with Gasteiger partial charge in [0.15, 0.2) is 0 Å². The van der Waals surface area contributed by atoms with Gasteiger partial charge in [0.1, 0.15) is 17.2 Å². The minimum Gasteiger partial charge on any atom is -0.501 e. The third-order valence-corrected chi connectivity index (χ3v) is 16.0. The molecule has 520 valence electrons. The van der Waals surface area contributed by atoms with Gasteiger partial charge in [0, 0.05) is 50.4 Å². The molecule has 8 N–H and O–H groups in total. The van der Waals surface area contributed by atoms with Gasteiger partial charge in [-0.25, -0.2) is 0 Å². The number of pyridine rings is 1. The van der Waals surface area contributed by atoms with Crippen molar-refractivity contribution >= 4 is 23.6 Å². The minimum absolute atomic E-state index is 0.0941. The predicted octanol–water partition coefficient (Wildman–Crippen LogP) is 13.8. The van der Waals surface area contributed by atoms with E-state index in [2.05, 4.69) is 57.7 Å². The summed E-state index contributed by atoms with van der Waals surface area (Å²) in [6.07, 6.45) is 1.08. The van der Waals surface area contributed by atoms with Crippen LogP contribution in [0, 0.1) is 13.8 Å². The van der Waals surface area contributed by atoms with Crippen molar-refractivity contribution in [1.82, 2.24) is 26.0 Å². The van der Waals surface area contributed by atoms with Gasteiger partial charge in [-0.15, -0.1) is 4.73 Å². The van der Waals surface area contributed by atoms with Gasteiger partial charge in [-0.1, -0.05) is 249 Å². The normalized spacial score (nSPS) is 10.4. The molecule has 0 saturated heterocycles. The van der Waals surface area contributed by atoms with Gasteiger partial charge in [0.2, 0.25) is 50.8 Å². The molecule has 104 heavy (non-hydrogen) atoms. The van der Waals surface area contributed by atoms with Crippen molar-refractivity contribution in [3.8, 4) is 72.9 Å². The molecule has 0 aliphatic rings. The van der Waals surface area contributed by atoms with Crippen molar-refractivity contribution in [2.45, 2.75) is 40.0 Å². The van der Waals surface area contributed by atoms with Crippen LogP contribution in [0.25, 0.3) is 55.6 Å². The van der Waals surface area contributed by atoms with Gasteiger partial charge in [-0.05, 0) is 97.8 Å². The van der Waals surface area contributed by atoms with E-state index in [0.717, 1.165) is 96.8 Å². The van der Waals surface area contributed by atoms with Gasteiger partial charge < -0.3 is 55.0 Å². The Morgan fingerprint density at radius 2 is 0.587 bits per heavy atom. The number of hydrogen-bond acceptors (Lipinski definition) is 15. The van der Waals surface area contributed by atoms with Crippen molar-refractivity contribution in [1.29, 1.82) is 0 Å². The predicted molar refractivity (Wildman–Crippen MR) is 395 cm³/mol. The molecule has 0 fully saturated rings. The molecule has 20 heteroatoms. The molecule has 13 rings (SSSR count). The highest BCUT2D eigenvalue weighted by Crippen LogP contribution is 2.27. The Bertz CT molecular complexity index is 5190. The third-order valence-electron chi connectivity index (χ3n) is 16.0. The van der Waals surface area contributed by atoms with Crippen LogP contribution < -0.4 is 43.1 Å². The number of hydrogen-bond donors (Lipinski definition) is 8. The van der Waals surface area contributed by atoms with E-state index >= 15 is 0 Å². The molecule has 0 unspecified atom stereocenters. The number of benzene rings is 9. The molecule has 0 radical (unpaired) electrons. The molecule has 4 amide bonds. The van der Waals surface area contributed by atoms with Crippen molar-refractivity contribution in [3.63, 3.8) is 0 Å². The Morgan fingerprint density at radius 1 is 0.317 bits per heavy atom. The largest absolute Gasteiger partial charge is 0.501 e. The maximum Gasteiger partial charge on any atom is 0.291 e. The third kappa shape index (κ3) is 19.6. The van der Waals surface area contributed by atoms with Crippen molar-refractivity contribution in [3.05, 3.63) is 383 Å². The van der Waals surface area contributed by atoms with E-state index in [1.165, 1.54) is 23.8 Å². The molecule has 0 saturated carbocycles. The molecule has 0 spiro atoms. The van der Waals surface area contributed by atoms with Crippen LogP contribution in [0.2, 0.25) is 0 Å². The summed E-state index contributed by atoms with van der Waals surface area (Å²) in [5.41, 5.74) is 12.0. The quantitative estimate of drug-likeness (QED) is 0.0393. The van der Waals surface area contributed by atoms with E-state index in [0.29, 0.717) is 11.3 Å². The number of amides is 4. The SMILES string of the molecule is Cc1cc(=O)c(O)c(C(=O)NCc2ccc(-c3ccc(-c4ccccc4)cc3)cc2)o1.Cc1cc(=O)c(O)c(C(=O)NCc2ccc(-c3ccccc3)cc2)o1.O=C(NCc1ccc(-c2ccccc2)cc1)c1cccc(=O)n1O.O=C(NCc1ccc(-c2ccccc2)cc1)c1occc(=O)c1O. The first-order valence-electron chi connectivity index (χ1n) is 32.6. The second-order valence-electron chi connectivity index (χ2n) is 23.4. The van der Waals surface area contributed by atoms with E-state index in [4.69, 9.17) is 13.3 Å². The Labute approximate surface area is 595 Å². The molecule has 0 bridgehead atoms. The molecular formula is C84H69N5O15. The van der Waals surface area contributed by atoms with Crippen LogP contribution in [0.5, 0.6) is 17.2 Å². The molecule has 0 aliphatic carbocycles. The van der Waals surface area contributed by atoms with Crippen LogP contribution in [-0.4, -0.2) is 48.9 Å². The van der Waals surface area contributed by atoms with E-state index in [-0.39, 0.29) is 54.1 Å². The fourth-order valence-corrected chi connectivity index (χ4v) is 10.4. The van der Waals surface area contributed by atoms with Crippen molar-refractivity contribution in [2.75, 3.05) is 0 Å². The highest BCUT2D eigenvalue weighted by atomic mass is 16.5. The second kappa shape index (κ2) is 35.1. The lowest BCUT2D eigenvalue weighted by Crippen LogP contribution is -2.30. The molecule has 13 aromatic rings. The summed E-state index contributed by atoms with van der Waals surface area (Å²) >= 11 is 0. The molecule has 9 aromatic carbocycles. The summed E-state index contributed by atoms with van der Waals surface area (Å²) < 4.78 is 15.6. The molecule has 0 aliphatic heterocycles. The average molecular weight is 1390 g/mol. The lowest BCUT2D eigenvalue weighted by molar-refractivity contribution is 0.0884. The van der Waals surface area contributed by atoms with Crippen LogP contribution in [0.3, 0.4) is 0 Å². The molecular weight excluding hydrogens is 1320 g/mol. The molecule has 4 aromatic heterocycles. The molecule has 4 heterocycles. The number of aryl methyl sites for hydroxylation is 2. The van der Waals surface area contributed by atoms with E-state index in [1.807, 2.05) is 206 Å². The summed E-state index contributed by atoms with van der Waals surface area (Å²) in [6, 6.07) is 87.0. The van der Waals surface area contributed by atoms with Crippen LogP contribution in [-0.2, 0) is 26.2 Å². The van der Waals surface area contributed by atoms with Gasteiger partial charge in [0.25, 0.3) is 29.2 Å². The lowest BCUT2D eigenvalue weighted by atomic mass is 9.99. The summed E-state index contributed by atoms with van der Waals surface area (Å²) in [6.45, 7) is 4.14. The van der Waals surface area contributed by atoms with Crippen LogP contribution >= 0.6 is 0 Å². The van der Waals surface area contributed by atoms with Crippen molar-refractivity contribution < 1.29 is 53.0 Å². The summed E-state index contributed by atoms with van der Waals surface area (Å²) in [5.74, 6) is -5.08. The van der Waals surface area contributed by atoms with Gasteiger partial charge >= 0.3 is 0 Å². The number of aromatic nitrogens is 1. The Morgan fingerprint density at radius 3 is 0.904 bits per heavy atom. The van der Waals surface area contributed by atoms with Crippen molar-refractivity contribution in [2.24, 2.45) is 0 Å². The zero-order valence-electron chi connectivity index (χ0n) is 56.2. The highest BCUT2D eigenvalue weighted by Gasteiger charge is 2.21. The first-order chi connectivity index (χ1) is 50.3. The van der Waals surface area contributed by atoms with E-state index in [1.54, 1.807) is 13.8 Å². The van der Waals surface area contributed by atoms with Crippen LogP contribution in [0.15, 0.2) is 318 Å². The van der Waals surface area contributed by atoms with E-state index in [9.17, 15) is 58.9 Å². The first kappa shape index (κ1) is 72.6. The maximum absolute atomic E-state index is 12.3. The molecule has 20 nitrogen and oxygen atoms in total. The topological polar surface area (TPSA) is 310 Å². The molecule has 0 atom stereocenters. The van der Waals surface area contributed by atoms with Crippen LogP contribution in [0.1, 0.15) is 75.9 Å². The highest BCUT2D eigenvalue weighted by molar-refractivity contribution is 5.95. The average Bonchev–Trinajstić information content (AvgIpc) is 0.856. The first-order valence-corrected chi connectivity index (χ1v) is 32.6. The zero-order valence-corrected chi connectivity index (χ0v) is 56.2. The summed E-state index contributed by atoms with van der Waals surface area (Å²) in [4.78, 5) is 94.2. The maximum atomic E-state index is 12.3. The minimum atomic E-state index is -0.686. The van der Waals surface area contributed by atoms with Gasteiger partial charge in [-0.2, -0.15) is 0 Å². The fraction of sp³-hybridized carbons (Fsp3) is 0.0714. The smallest absolute Gasteiger partial charge is 0.291 e. The fourth-order valence-electron chi connectivity index (χ4n) is 10.4. The Kier molecular flexibility index (Phi) is 24.5. The monoisotopic (exact) mass is 1390 g/mol. The Hall–Kier alpha value is -14.1. The zero-order chi connectivity index (χ0) is 73.5. The number of nitrogens with zero attached hydrogens (tertiary/aromatic N) is 1. The number of rotatable bonds is 17. The van der Waals surface area contributed by atoms with Gasteiger partial charge in [-0.3, -0.25) is 38.4 Å². The lowest BCUT2D eigenvalue weighted by Gasteiger charge is -2.08. The number of carbonyl (C=O) groups excluding carboxylic acids is 4. The standard InChI is InChI=1S/C26H21NO4.C20H17NO4.C19H16N2O3.C19H15NO4/c1-17-15-23(28)24(29)25(31-17)26(30)27-16-18-7-9-20(10-8-18)22-13-11-21(12-14-22)19-5-3-2-4-6-19;1-13-11-17(22)18(23)19(25-13)20(24)21-12-14-7-9-16(10-8-14)15-5-3-2-4-6-15;22-18-8-4-7-17(21(18)24)19(23)20-13-14-9-11-16(12-10-14)15-5-2-1-3-6-15;21-16-10-11-24-18(17(16)22)19(23)20-12-13-6-8-15(9-7-13)14-4-2-1-3-5-14/h2-15,29H,16H2,1H3,(H,27,30);2-11,23H,12H2,1H3,(H,21,24);1-12,24H,13H2,(H,20,23);1-11,22H,12H2,(H,20,23). The number of carbonyl (C=O) groups is 4. The van der Waals surface area contributed by atoms with Crippen LogP contribution in [0.4, 0.5) is 0 Å². The van der Waals surface area contributed by atoms with E-state index < -0.39 is 62.7 Å².